The molecule has 4 nitrogen and oxygen atoms in total. The van der Waals surface area contributed by atoms with E-state index in [9.17, 15) is 14.0 Å². The number of ether oxygens (including phenoxy) is 1. The Hall–Kier alpha value is -3.50. The number of nitriles is 1. The quantitative estimate of drug-likeness (QED) is 0.354. The molecule has 1 N–H and O–H groups in total. The molecule has 3 aromatic carbocycles. The largest absolute Gasteiger partial charge is 0.488 e. The van der Waals surface area contributed by atoms with Crippen molar-refractivity contribution in [2.45, 2.75) is 6.61 Å². The number of rotatable bonds is 5. The van der Waals surface area contributed by atoms with E-state index in [2.05, 4.69) is 32.0 Å². The molecule has 0 atom stereocenters. The predicted octanol–water partition coefficient (Wildman–Crippen LogP) is 6.25. The lowest BCUT2D eigenvalue weighted by molar-refractivity contribution is 0.305. The van der Waals surface area contributed by atoms with Crippen molar-refractivity contribution in [1.29, 1.82) is 5.26 Å². The van der Waals surface area contributed by atoms with Crippen molar-refractivity contribution >= 4 is 38.6 Å². The number of nitrogens with one attached hydrogen (secondary N) is 1. The first-order valence-electron chi connectivity index (χ1n) is 8.96. The van der Waals surface area contributed by atoms with Gasteiger partial charge in [-0.05, 0) is 60.2 Å². The van der Waals surface area contributed by atoms with Crippen LogP contribution in [0.2, 0.25) is 0 Å². The highest BCUT2D eigenvalue weighted by Crippen LogP contribution is 2.28. The fourth-order valence-corrected chi connectivity index (χ4v) is 3.30. The Morgan fingerprint density at radius 3 is 2.60 bits per heavy atom. The van der Waals surface area contributed by atoms with Crippen molar-refractivity contribution in [3.05, 3.63) is 93.7 Å². The molecule has 0 aliphatic heterocycles. The average Bonchev–Trinajstić information content (AvgIpc) is 3.15. The summed E-state index contributed by atoms with van der Waals surface area (Å²) in [6.07, 6.45) is 1.65. The topological polar surface area (TPSA) is 61.7 Å². The number of hydrogen-bond donors (Lipinski definition) is 1. The van der Waals surface area contributed by atoms with Gasteiger partial charge in [0.1, 0.15) is 35.9 Å². The lowest BCUT2D eigenvalue weighted by Crippen LogP contribution is -1.97. The van der Waals surface area contributed by atoms with E-state index in [1.54, 1.807) is 30.3 Å². The van der Waals surface area contributed by atoms with Crippen molar-refractivity contribution in [2.24, 2.45) is 0 Å². The zero-order chi connectivity index (χ0) is 21.1. The van der Waals surface area contributed by atoms with E-state index in [0.29, 0.717) is 28.2 Å². The SMILES string of the molecule is N#C/C(=C/c1cc(Br)ccc1OCc1ccc(F)cc1)c1nc2ccc(F)cc2[nH]1. The molecule has 1 heterocycles. The summed E-state index contributed by atoms with van der Waals surface area (Å²) in [5, 5.41) is 9.67. The Balaban J connectivity index is 1.67. The summed E-state index contributed by atoms with van der Waals surface area (Å²) in [4.78, 5) is 7.35. The van der Waals surface area contributed by atoms with E-state index < -0.39 is 0 Å². The molecule has 30 heavy (non-hydrogen) atoms. The molecule has 0 spiro atoms. The summed E-state index contributed by atoms with van der Waals surface area (Å²) in [5.74, 6) is 0.194. The standard InChI is InChI=1S/C23H14BrF2N3O/c24-17-3-8-22(30-13-14-1-4-18(25)5-2-14)15(10-17)9-16(12-27)23-28-20-7-6-19(26)11-21(20)29-23/h1-11H,13H2,(H,28,29)/b16-9-. The zero-order valence-electron chi connectivity index (χ0n) is 15.5. The van der Waals surface area contributed by atoms with Gasteiger partial charge in [-0.25, -0.2) is 13.8 Å². The Labute approximate surface area is 179 Å². The smallest absolute Gasteiger partial charge is 0.149 e. The van der Waals surface area contributed by atoms with Crippen LogP contribution in [0, 0.1) is 23.0 Å². The summed E-state index contributed by atoms with van der Waals surface area (Å²) in [6.45, 7) is 0.245. The summed E-state index contributed by atoms with van der Waals surface area (Å²) < 4.78 is 33.2. The number of allylic oxidation sites excluding steroid dienone is 1. The van der Waals surface area contributed by atoms with Gasteiger partial charge in [-0.15, -0.1) is 0 Å². The maximum Gasteiger partial charge on any atom is 0.149 e. The molecule has 4 aromatic rings. The van der Waals surface area contributed by atoms with Gasteiger partial charge in [-0.3, -0.25) is 0 Å². The third-order valence-electron chi connectivity index (χ3n) is 4.40. The molecule has 0 amide bonds. The lowest BCUT2D eigenvalue weighted by Gasteiger charge is -2.10. The molecule has 7 heteroatoms. The summed E-state index contributed by atoms with van der Waals surface area (Å²) in [5.41, 5.74) is 2.82. The van der Waals surface area contributed by atoms with Gasteiger partial charge in [-0.1, -0.05) is 28.1 Å². The van der Waals surface area contributed by atoms with Crippen molar-refractivity contribution in [1.82, 2.24) is 9.97 Å². The maximum atomic E-state index is 13.4. The number of benzene rings is 3. The average molecular weight is 466 g/mol. The molecular weight excluding hydrogens is 452 g/mol. The first kappa shape index (κ1) is 19.8. The number of fused-ring (bicyclic) bond motifs is 1. The van der Waals surface area contributed by atoms with Gasteiger partial charge >= 0.3 is 0 Å². The third-order valence-corrected chi connectivity index (χ3v) is 4.89. The van der Waals surface area contributed by atoms with Crippen LogP contribution in [0.3, 0.4) is 0 Å². The van der Waals surface area contributed by atoms with Gasteiger partial charge < -0.3 is 9.72 Å². The normalized spacial score (nSPS) is 11.5. The van der Waals surface area contributed by atoms with Gasteiger partial charge in [0.25, 0.3) is 0 Å². The number of imidazole rings is 1. The molecule has 4 rings (SSSR count). The zero-order valence-corrected chi connectivity index (χ0v) is 17.1. The first-order chi connectivity index (χ1) is 14.5. The number of aromatic amines is 1. The fraction of sp³-hybridized carbons (Fsp3) is 0.0435. The molecule has 148 valence electrons. The van der Waals surface area contributed by atoms with Gasteiger partial charge in [0.15, 0.2) is 0 Å². The van der Waals surface area contributed by atoms with Gasteiger partial charge in [0.2, 0.25) is 0 Å². The van der Waals surface area contributed by atoms with E-state index >= 15 is 0 Å². The number of H-pyrrole nitrogens is 1. The van der Waals surface area contributed by atoms with Crippen molar-refractivity contribution in [3.8, 4) is 11.8 Å². The molecule has 1 aromatic heterocycles. The lowest BCUT2D eigenvalue weighted by atomic mass is 10.1. The van der Waals surface area contributed by atoms with Crippen LogP contribution in [-0.2, 0) is 6.61 Å². The van der Waals surface area contributed by atoms with E-state index in [0.717, 1.165) is 10.0 Å². The Bertz CT molecular complexity index is 1290. The highest BCUT2D eigenvalue weighted by molar-refractivity contribution is 9.10. The van der Waals surface area contributed by atoms with Gasteiger partial charge in [0.05, 0.1) is 16.6 Å². The minimum atomic E-state index is -0.386. The fourth-order valence-electron chi connectivity index (χ4n) is 2.92. The Morgan fingerprint density at radius 2 is 1.83 bits per heavy atom. The van der Waals surface area contributed by atoms with Crippen LogP contribution < -0.4 is 4.74 Å². The molecule has 0 saturated heterocycles. The van der Waals surface area contributed by atoms with Crippen molar-refractivity contribution in [3.63, 3.8) is 0 Å². The third kappa shape index (κ3) is 4.39. The van der Waals surface area contributed by atoms with Crippen LogP contribution in [0.15, 0.2) is 65.1 Å². The van der Waals surface area contributed by atoms with Crippen LogP contribution in [0.25, 0.3) is 22.7 Å². The maximum absolute atomic E-state index is 13.4. The van der Waals surface area contributed by atoms with Gasteiger partial charge in [0, 0.05) is 10.0 Å². The molecule has 0 saturated carbocycles. The molecule has 0 bridgehead atoms. The van der Waals surface area contributed by atoms with Crippen LogP contribution >= 0.6 is 15.9 Å². The molecule has 0 radical (unpaired) electrons. The van der Waals surface area contributed by atoms with Crippen LogP contribution in [0.5, 0.6) is 5.75 Å². The van der Waals surface area contributed by atoms with Crippen molar-refractivity contribution in [2.75, 3.05) is 0 Å². The van der Waals surface area contributed by atoms with E-state index in [-0.39, 0.29) is 23.8 Å². The van der Waals surface area contributed by atoms with Gasteiger partial charge in [-0.2, -0.15) is 5.26 Å². The summed E-state index contributed by atoms with van der Waals surface area (Å²) >= 11 is 3.43. The van der Waals surface area contributed by atoms with E-state index in [4.69, 9.17) is 4.74 Å². The first-order valence-corrected chi connectivity index (χ1v) is 9.75. The summed E-state index contributed by atoms with van der Waals surface area (Å²) in [7, 11) is 0. The minimum Gasteiger partial charge on any atom is -0.488 e. The number of aromatic nitrogens is 2. The minimum absolute atomic E-state index is 0.245. The Morgan fingerprint density at radius 1 is 1.07 bits per heavy atom. The molecular formula is C23H14BrF2N3O. The van der Waals surface area contributed by atoms with E-state index in [1.807, 2.05) is 12.1 Å². The molecule has 0 aliphatic rings. The number of halogens is 3. The monoisotopic (exact) mass is 465 g/mol. The highest BCUT2D eigenvalue weighted by Gasteiger charge is 2.11. The summed E-state index contributed by atoms with van der Waals surface area (Å²) in [6, 6.07) is 17.8. The highest BCUT2D eigenvalue weighted by atomic mass is 79.9. The van der Waals surface area contributed by atoms with Crippen LogP contribution in [-0.4, -0.2) is 9.97 Å². The molecule has 0 aliphatic carbocycles. The predicted molar refractivity (Wildman–Crippen MR) is 114 cm³/mol. The van der Waals surface area contributed by atoms with Crippen molar-refractivity contribution < 1.29 is 13.5 Å². The number of nitrogens with zero attached hydrogens (tertiary/aromatic N) is 2. The number of hydrogen-bond acceptors (Lipinski definition) is 3. The molecule has 0 unspecified atom stereocenters. The second-order valence-corrected chi connectivity index (χ2v) is 7.43. The van der Waals surface area contributed by atoms with Crippen LogP contribution in [0.1, 0.15) is 17.0 Å². The Kier molecular flexibility index (Phi) is 5.59. The second-order valence-electron chi connectivity index (χ2n) is 6.51. The molecule has 0 fully saturated rings. The second kappa shape index (κ2) is 8.47. The van der Waals surface area contributed by atoms with E-state index in [1.165, 1.54) is 24.3 Å². The van der Waals surface area contributed by atoms with Crippen LogP contribution in [0.4, 0.5) is 8.78 Å².